The lowest BCUT2D eigenvalue weighted by Gasteiger charge is -2.36. The Hall–Kier alpha value is -2.63. The third kappa shape index (κ3) is 6.14. The van der Waals surface area contributed by atoms with Gasteiger partial charge in [-0.25, -0.2) is 4.68 Å². The van der Waals surface area contributed by atoms with E-state index in [0.29, 0.717) is 5.92 Å². The highest BCUT2D eigenvalue weighted by molar-refractivity contribution is 5.56. The van der Waals surface area contributed by atoms with E-state index < -0.39 is 0 Å². The third-order valence-electron chi connectivity index (χ3n) is 7.32. The molecule has 1 aliphatic rings. The smallest absolute Gasteiger partial charge is 0.137 e. The van der Waals surface area contributed by atoms with Crippen LogP contribution in [0.5, 0.6) is 0 Å². The standard InChI is InChI=1S/C30H43N5/c1-5-18-33(23-25(4)26-14-10-8-11-15-26)24-28-29(6-2)31-35(27-16-12-9-13-17-27)30(28)34-21-19-32(7-3)20-22-34/h8-17,25H,5-7,18-24H2,1-4H3. The van der Waals surface area contributed by atoms with Gasteiger partial charge in [-0.1, -0.05) is 76.2 Å². The molecule has 4 rings (SSSR count). The Kier molecular flexibility index (Phi) is 9.00. The maximum absolute atomic E-state index is 5.20. The van der Waals surface area contributed by atoms with Crippen LogP contribution in [-0.2, 0) is 13.0 Å². The molecule has 0 saturated carbocycles. The van der Waals surface area contributed by atoms with Gasteiger partial charge in [-0.05, 0) is 49.5 Å². The van der Waals surface area contributed by atoms with E-state index in [-0.39, 0.29) is 0 Å². The number of aryl methyl sites for hydroxylation is 1. The number of rotatable bonds is 11. The molecule has 1 atom stereocenters. The molecule has 0 N–H and O–H groups in total. The van der Waals surface area contributed by atoms with E-state index in [1.165, 1.54) is 22.6 Å². The first kappa shape index (κ1) is 25.5. The summed E-state index contributed by atoms with van der Waals surface area (Å²) in [6, 6.07) is 21.6. The van der Waals surface area contributed by atoms with E-state index in [0.717, 1.165) is 70.9 Å². The Balaban J connectivity index is 1.68. The maximum atomic E-state index is 5.20. The number of nitrogens with zero attached hydrogens (tertiary/aromatic N) is 5. The van der Waals surface area contributed by atoms with Gasteiger partial charge in [0, 0.05) is 44.8 Å². The molecule has 0 amide bonds. The summed E-state index contributed by atoms with van der Waals surface area (Å²) >= 11 is 0. The zero-order chi connectivity index (χ0) is 24.6. The molecule has 0 aliphatic carbocycles. The van der Waals surface area contributed by atoms with Crippen molar-refractivity contribution in [1.82, 2.24) is 19.6 Å². The molecule has 5 nitrogen and oxygen atoms in total. The van der Waals surface area contributed by atoms with Gasteiger partial charge in [0.1, 0.15) is 5.82 Å². The van der Waals surface area contributed by atoms with Crippen LogP contribution in [0.1, 0.15) is 56.9 Å². The second kappa shape index (κ2) is 12.4. The zero-order valence-corrected chi connectivity index (χ0v) is 22.2. The average molecular weight is 474 g/mol. The first-order chi connectivity index (χ1) is 17.1. The molecule has 0 radical (unpaired) electrons. The van der Waals surface area contributed by atoms with Gasteiger partial charge in [-0.2, -0.15) is 5.10 Å². The molecule has 2 heterocycles. The van der Waals surface area contributed by atoms with E-state index in [1.807, 2.05) is 0 Å². The van der Waals surface area contributed by atoms with Gasteiger partial charge in [-0.15, -0.1) is 0 Å². The second-order valence-corrected chi connectivity index (χ2v) is 9.82. The van der Waals surface area contributed by atoms with E-state index in [1.54, 1.807) is 0 Å². The summed E-state index contributed by atoms with van der Waals surface area (Å²) in [6.07, 6.45) is 2.10. The lowest BCUT2D eigenvalue weighted by Crippen LogP contribution is -2.47. The van der Waals surface area contributed by atoms with Crippen molar-refractivity contribution in [3.63, 3.8) is 0 Å². The highest BCUT2D eigenvalue weighted by atomic mass is 15.4. The average Bonchev–Trinajstić information content (AvgIpc) is 3.28. The van der Waals surface area contributed by atoms with Crippen molar-refractivity contribution < 1.29 is 0 Å². The van der Waals surface area contributed by atoms with E-state index in [2.05, 4.69) is 108 Å². The summed E-state index contributed by atoms with van der Waals surface area (Å²) in [5.41, 5.74) is 5.21. The molecule has 1 aromatic heterocycles. The van der Waals surface area contributed by atoms with Crippen LogP contribution < -0.4 is 4.90 Å². The fourth-order valence-electron chi connectivity index (χ4n) is 5.33. The Morgan fingerprint density at radius 2 is 1.54 bits per heavy atom. The zero-order valence-electron chi connectivity index (χ0n) is 22.2. The molecule has 0 spiro atoms. The molecule has 5 heteroatoms. The predicted octanol–water partition coefficient (Wildman–Crippen LogP) is 5.59. The van der Waals surface area contributed by atoms with Gasteiger partial charge in [0.2, 0.25) is 0 Å². The van der Waals surface area contributed by atoms with Gasteiger partial charge in [0.05, 0.1) is 11.4 Å². The Morgan fingerprint density at radius 3 is 2.14 bits per heavy atom. The van der Waals surface area contributed by atoms with Crippen LogP contribution in [0.15, 0.2) is 60.7 Å². The van der Waals surface area contributed by atoms with Crippen molar-refractivity contribution in [3.8, 4) is 5.69 Å². The van der Waals surface area contributed by atoms with E-state index >= 15 is 0 Å². The van der Waals surface area contributed by atoms with Crippen molar-refractivity contribution in [3.05, 3.63) is 77.5 Å². The number of likely N-dealkylation sites (N-methyl/N-ethyl adjacent to an activating group) is 1. The monoisotopic (exact) mass is 473 g/mol. The highest BCUT2D eigenvalue weighted by Crippen LogP contribution is 2.31. The molecular formula is C30H43N5. The SMILES string of the molecule is CCCN(Cc1c(CC)nn(-c2ccccc2)c1N1CCN(CC)CC1)CC(C)c1ccccc1. The second-order valence-electron chi connectivity index (χ2n) is 9.82. The van der Waals surface area contributed by atoms with Gasteiger partial charge >= 0.3 is 0 Å². The van der Waals surface area contributed by atoms with Gasteiger partial charge < -0.3 is 9.80 Å². The van der Waals surface area contributed by atoms with E-state index in [4.69, 9.17) is 5.10 Å². The molecule has 1 saturated heterocycles. The normalized spacial score (nSPS) is 15.6. The first-order valence-electron chi connectivity index (χ1n) is 13.5. The number of anilines is 1. The van der Waals surface area contributed by atoms with Crippen LogP contribution >= 0.6 is 0 Å². The molecule has 188 valence electrons. The number of para-hydroxylation sites is 1. The molecule has 35 heavy (non-hydrogen) atoms. The summed E-state index contributed by atoms with van der Waals surface area (Å²) in [6.45, 7) is 17.7. The summed E-state index contributed by atoms with van der Waals surface area (Å²) in [5, 5.41) is 5.20. The number of hydrogen-bond acceptors (Lipinski definition) is 4. The largest absolute Gasteiger partial charge is 0.354 e. The minimum atomic E-state index is 0.494. The van der Waals surface area contributed by atoms with Crippen molar-refractivity contribution >= 4 is 5.82 Å². The van der Waals surface area contributed by atoms with Crippen LogP contribution in [0.2, 0.25) is 0 Å². The number of hydrogen-bond donors (Lipinski definition) is 0. The predicted molar refractivity (Wildman–Crippen MR) is 148 cm³/mol. The summed E-state index contributed by atoms with van der Waals surface area (Å²) in [4.78, 5) is 7.78. The molecular weight excluding hydrogens is 430 g/mol. The lowest BCUT2D eigenvalue weighted by molar-refractivity contribution is 0.250. The van der Waals surface area contributed by atoms with Crippen LogP contribution in [0, 0.1) is 0 Å². The summed E-state index contributed by atoms with van der Waals surface area (Å²) in [7, 11) is 0. The Morgan fingerprint density at radius 1 is 0.886 bits per heavy atom. The lowest BCUT2D eigenvalue weighted by atomic mass is 10.00. The first-order valence-corrected chi connectivity index (χ1v) is 13.5. The van der Waals surface area contributed by atoms with Crippen molar-refractivity contribution in [2.75, 3.05) is 50.7 Å². The molecule has 3 aromatic rings. The molecule has 1 unspecified atom stereocenters. The van der Waals surface area contributed by atoms with Crippen LogP contribution in [0.4, 0.5) is 5.82 Å². The van der Waals surface area contributed by atoms with Crippen LogP contribution in [0.3, 0.4) is 0 Å². The fourth-order valence-corrected chi connectivity index (χ4v) is 5.33. The van der Waals surface area contributed by atoms with Gasteiger partial charge in [0.15, 0.2) is 0 Å². The topological polar surface area (TPSA) is 27.5 Å². The van der Waals surface area contributed by atoms with Gasteiger partial charge in [0.25, 0.3) is 0 Å². The van der Waals surface area contributed by atoms with Crippen molar-refractivity contribution in [2.45, 2.75) is 53.0 Å². The third-order valence-corrected chi connectivity index (χ3v) is 7.32. The Bertz CT molecular complexity index is 1020. The molecule has 1 fully saturated rings. The number of piperazine rings is 1. The molecule has 2 aromatic carbocycles. The van der Waals surface area contributed by atoms with E-state index in [9.17, 15) is 0 Å². The summed E-state index contributed by atoms with van der Waals surface area (Å²) < 4.78 is 2.22. The van der Waals surface area contributed by atoms with Crippen LogP contribution in [0.25, 0.3) is 5.69 Å². The fraction of sp³-hybridized carbons (Fsp3) is 0.500. The van der Waals surface area contributed by atoms with Crippen molar-refractivity contribution in [1.29, 1.82) is 0 Å². The Labute approximate surface area is 212 Å². The maximum Gasteiger partial charge on any atom is 0.137 e. The summed E-state index contributed by atoms with van der Waals surface area (Å²) in [5.74, 6) is 1.80. The minimum absolute atomic E-state index is 0.494. The van der Waals surface area contributed by atoms with Crippen molar-refractivity contribution in [2.24, 2.45) is 0 Å². The number of aromatic nitrogens is 2. The van der Waals surface area contributed by atoms with Gasteiger partial charge in [-0.3, -0.25) is 4.90 Å². The highest BCUT2D eigenvalue weighted by Gasteiger charge is 2.27. The quantitative estimate of drug-likeness (QED) is 0.363. The molecule has 0 bridgehead atoms. The van der Waals surface area contributed by atoms with Crippen LogP contribution in [-0.4, -0.2) is 65.4 Å². The number of benzene rings is 2. The minimum Gasteiger partial charge on any atom is -0.354 e. The molecule has 1 aliphatic heterocycles.